The lowest BCUT2D eigenvalue weighted by molar-refractivity contribution is 0.102. The lowest BCUT2D eigenvalue weighted by Gasteiger charge is -2.09. The van der Waals surface area contributed by atoms with Crippen molar-refractivity contribution in [3.05, 3.63) is 102 Å². The summed E-state index contributed by atoms with van der Waals surface area (Å²) in [5.74, 6) is 0.703. The van der Waals surface area contributed by atoms with Crippen LogP contribution in [0.2, 0.25) is 0 Å². The number of amides is 1. The molecule has 0 aliphatic heterocycles. The molecule has 0 aliphatic carbocycles. The van der Waals surface area contributed by atoms with Gasteiger partial charge >= 0.3 is 0 Å². The van der Waals surface area contributed by atoms with Crippen molar-refractivity contribution in [2.75, 3.05) is 12.4 Å². The first kappa shape index (κ1) is 20.4. The highest BCUT2D eigenvalue weighted by atomic mass is 16.5. The van der Waals surface area contributed by atoms with Gasteiger partial charge in [-0.1, -0.05) is 24.3 Å². The third-order valence-electron chi connectivity index (χ3n) is 5.34. The second-order valence-corrected chi connectivity index (χ2v) is 7.47. The molecule has 0 radical (unpaired) electrons. The fourth-order valence-corrected chi connectivity index (χ4v) is 3.33. The Hall–Kier alpha value is -3.92. The molecule has 1 N–H and O–H groups in total. The number of carbonyl (C=O) groups excluding carboxylic acids is 1. The number of aryl methyl sites for hydroxylation is 2. The van der Waals surface area contributed by atoms with E-state index in [1.165, 1.54) is 5.56 Å². The number of rotatable bonds is 5. The monoisotopic (exact) mass is 408 g/mol. The Morgan fingerprint density at radius 1 is 0.774 bits per heavy atom. The molecule has 0 saturated carbocycles. The lowest BCUT2D eigenvalue weighted by atomic mass is 10.1. The van der Waals surface area contributed by atoms with Gasteiger partial charge in [0.05, 0.1) is 18.5 Å². The molecule has 1 amide bonds. The number of ether oxygens (including phenoxy) is 1. The van der Waals surface area contributed by atoms with Crippen LogP contribution in [0.5, 0.6) is 5.75 Å². The van der Waals surface area contributed by atoms with Crippen LogP contribution in [0.4, 0.5) is 5.69 Å². The Labute approximate surface area is 182 Å². The average molecular weight is 409 g/mol. The van der Waals surface area contributed by atoms with Crippen LogP contribution in [0.15, 0.2) is 84.9 Å². The summed E-state index contributed by atoms with van der Waals surface area (Å²) in [5.41, 5.74) is 7.46. The first-order valence-corrected chi connectivity index (χ1v) is 10.1. The number of nitrogens with zero attached hydrogens (tertiary/aromatic N) is 1. The lowest BCUT2D eigenvalue weighted by Crippen LogP contribution is -2.12. The van der Waals surface area contributed by atoms with Crippen LogP contribution >= 0.6 is 0 Å². The van der Waals surface area contributed by atoms with Gasteiger partial charge in [-0.25, -0.2) is 4.98 Å². The van der Waals surface area contributed by atoms with Crippen molar-refractivity contribution in [3.63, 3.8) is 0 Å². The number of aromatic nitrogens is 1. The molecule has 1 heterocycles. The van der Waals surface area contributed by atoms with Gasteiger partial charge in [0.25, 0.3) is 5.91 Å². The largest absolute Gasteiger partial charge is 0.497 e. The SMILES string of the molecule is COc1ccc(-c2cccc(-c3ccc(NC(=O)c4ccc(C)c(C)c4)cc3)n2)cc1. The van der Waals surface area contributed by atoms with Gasteiger partial charge in [0, 0.05) is 22.4 Å². The summed E-state index contributed by atoms with van der Waals surface area (Å²) in [5, 5.41) is 2.96. The van der Waals surface area contributed by atoms with Gasteiger partial charge in [-0.05, 0) is 85.6 Å². The topological polar surface area (TPSA) is 51.2 Å². The number of pyridine rings is 1. The van der Waals surface area contributed by atoms with Crippen LogP contribution in [0.3, 0.4) is 0 Å². The first-order valence-electron chi connectivity index (χ1n) is 10.1. The van der Waals surface area contributed by atoms with Crippen molar-refractivity contribution in [1.29, 1.82) is 0 Å². The number of nitrogens with one attached hydrogen (secondary N) is 1. The molecule has 1 aromatic heterocycles. The minimum Gasteiger partial charge on any atom is -0.497 e. The van der Waals surface area contributed by atoms with E-state index >= 15 is 0 Å². The van der Waals surface area contributed by atoms with Crippen molar-refractivity contribution < 1.29 is 9.53 Å². The summed E-state index contributed by atoms with van der Waals surface area (Å²) < 4.78 is 5.23. The first-order chi connectivity index (χ1) is 15.0. The highest BCUT2D eigenvalue weighted by molar-refractivity contribution is 6.04. The highest BCUT2D eigenvalue weighted by Gasteiger charge is 2.08. The van der Waals surface area contributed by atoms with Crippen LogP contribution in [-0.2, 0) is 0 Å². The molecule has 0 aliphatic rings. The highest BCUT2D eigenvalue weighted by Crippen LogP contribution is 2.25. The Kier molecular flexibility index (Phi) is 5.80. The molecule has 154 valence electrons. The summed E-state index contributed by atoms with van der Waals surface area (Å²) in [6, 6.07) is 27.3. The molecule has 0 spiro atoms. The van der Waals surface area contributed by atoms with E-state index in [2.05, 4.69) is 5.32 Å². The van der Waals surface area contributed by atoms with Gasteiger partial charge in [-0.15, -0.1) is 0 Å². The van der Waals surface area contributed by atoms with E-state index in [1.54, 1.807) is 7.11 Å². The van der Waals surface area contributed by atoms with Gasteiger partial charge < -0.3 is 10.1 Å². The van der Waals surface area contributed by atoms with Crippen molar-refractivity contribution >= 4 is 11.6 Å². The number of carbonyl (C=O) groups is 1. The summed E-state index contributed by atoms with van der Waals surface area (Å²) in [6.45, 7) is 4.04. The number of hydrogen-bond acceptors (Lipinski definition) is 3. The Morgan fingerprint density at radius 3 is 1.97 bits per heavy atom. The van der Waals surface area contributed by atoms with Crippen LogP contribution in [0, 0.1) is 13.8 Å². The maximum atomic E-state index is 12.5. The molecule has 0 atom stereocenters. The third kappa shape index (κ3) is 4.64. The maximum Gasteiger partial charge on any atom is 0.255 e. The number of methoxy groups -OCH3 is 1. The number of hydrogen-bond donors (Lipinski definition) is 1. The quantitative estimate of drug-likeness (QED) is 0.422. The van der Waals surface area contributed by atoms with Crippen molar-refractivity contribution in [2.45, 2.75) is 13.8 Å². The molecule has 0 unspecified atom stereocenters. The van der Waals surface area contributed by atoms with Crippen molar-refractivity contribution in [2.24, 2.45) is 0 Å². The van der Waals surface area contributed by atoms with Crippen LogP contribution in [-0.4, -0.2) is 18.0 Å². The predicted molar refractivity (Wildman–Crippen MR) is 126 cm³/mol. The molecule has 4 heteroatoms. The Morgan fingerprint density at radius 2 is 1.39 bits per heavy atom. The van der Waals surface area contributed by atoms with E-state index in [9.17, 15) is 4.79 Å². The molecule has 4 nitrogen and oxygen atoms in total. The van der Waals surface area contributed by atoms with E-state index in [-0.39, 0.29) is 5.91 Å². The molecular formula is C27H24N2O2. The zero-order valence-corrected chi connectivity index (χ0v) is 17.8. The van der Waals surface area contributed by atoms with Crippen LogP contribution in [0.1, 0.15) is 21.5 Å². The zero-order valence-electron chi connectivity index (χ0n) is 17.8. The van der Waals surface area contributed by atoms with E-state index in [1.807, 2.05) is 98.8 Å². The Balaban J connectivity index is 1.51. The molecule has 0 bridgehead atoms. The average Bonchev–Trinajstić information content (AvgIpc) is 2.81. The second kappa shape index (κ2) is 8.84. The van der Waals surface area contributed by atoms with E-state index in [4.69, 9.17) is 9.72 Å². The summed E-state index contributed by atoms with van der Waals surface area (Å²) in [6.07, 6.45) is 0. The molecule has 0 fully saturated rings. The fraction of sp³-hybridized carbons (Fsp3) is 0.111. The van der Waals surface area contributed by atoms with E-state index in [0.717, 1.165) is 39.5 Å². The molecule has 4 rings (SSSR count). The summed E-state index contributed by atoms with van der Waals surface area (Å²) in [4.78, 5) is 17.3. The van der Waals surface area contributed by atoms with Gasteiger partial charge in [0.1, 0.15) is 5.75 Å². The molecule has 4 aromatic rings. The summed E-state index contributed by atoms with van der Waals surface area (Å²) in [7, 11) is 1.65. The standard InChI is InChI=1S/C27H24N2O2/c1-18-7-8-22(17-19(18)2)27(30)28-23-13-9-20(10-14-23)25-5-4-6-26(29-25)21-11-15-24(31-3)16-12-21/h4-17H,1-3H3,(H,28,30). The minimum absolute atomic E-state index is 0.115. The molecule has 3 aromatic carbocycles. The smallest absolute Gasteiger partial charge is 0.255 e. The van der Waals surface area contributed by atoms with E-state index in [0.29, 0.717) is 5.56 Å². The van der Waals surface area contributed by atoms with Crippen LogP contribution < -0.4 is 10.1 Å². The number of benzene rings is 3. The van der Waals surface area contributed by atoms with Crippen molar-refractivity contribution in [3.8, 4) is 28.3 Å². The Bertz CT molecular complexity index is 1210. The number of anilines is 1. The van der Waals surface area contributed by atoms with Gasteiger partial charge in [-0.3, -0.25) is 4.79 Å². The van der Waals surface area contributed by atoms with Gasteiger partial charge in [0.15, 0.2) is 0 Å². The summed E-state index contributed by atoms with van der Waals surface area (Å²) >= 11 is 0. The molecule has 0 saturated heterocycles. The van der Waals surface area contributed by atoms with Crippen LogP contribution in [0.25, 0.3) is 22.5 Å². The second-order valence-electron chi connectivity index (χ2n) is 7.47. The fourth-order valence-electron chi connectivity index (χ4n) is 3.33. The third-order valence-corrected chi connectivity index (χ3v) is 5.34. The molecular weight excluding hydrogens is 384 g/mol. The van der Waals surface area contributed by atoms with E-state index < -0.39 is 0 Å². The maximum absolute atomic E-state index is 12.5. The van der Waals surface area contributed by atoms with Gasteiger partial charge in [0.2, 0.25) is 0 Å². The van der Waals surface area contributed by atoms with Crippen molar-refractivity contribution in [1.82, 2.24) is 4.98 Å². The minimum atomic E-state index is -0.115. The zero-order chi connectivity index (χ0) is 21.8. The van der Waals surface area contributed by atoms with Gasteiger partial charge in [-0.2, -0.15) is 0 Å². The predicted octanol–water partition coefficient (Wildman–Crippen LogP) is 6.29. The normalized spacial score (nSPS) is 10.5. The molecule has 31 heavy (non-hydrogen) atoms.